The third-order valence-corrected chi connectivity index (χ3v) is 4.88. The molecular weight excluding hydrogens is 332 g/mol. The van der Waals surface area contributed by atoms with Crippen LogP contribution in [0.1, 0.15) is 33.0 Å². The van der Waals surface area contributed by atoms with Gasteiger partial charge in [-0.2, -0.15) is 5.10 Å². The normalized spacial score (nSPS) is 14.5. The van der Waals surface area contributed by atoms with Crippen molar-refractivity contribution >= 4 is 11.6 Å². The van der Waals surface area contributed by atoms with E-state index in [9.17, 15) is 9.59 Å². The van der Waals surface area contributed by atoms with E-state index in [0.29, 0.717) is 24.4 Å². The lowest BCUT2D eigenvalue weighted by molar-refractivity contribution is 0.0992. The highest BCUT2D eigenvalue weighted by Gasteiger charge is 2.26. The third-order valence-electron chi connectivity index (χ3n) is 4.88. The zero-order valence-corrected chi connectivity index (χ0v) is 14.8. The summed E-state index contributed by atoms with van der Waals surface area (Å²) in [6, 6.07) is 5.35. The summed E-state index contributed by atoms with van der Waals surface area (Å²) in [5.74, 6) is -0.513. The number of hydrogen-bond acceptors (Lipinski definition) is 5. The van der Waals surface area contributed by atoms with Gasteiger partial charge in [-0.1, -0.05) is 6.07 Å². The van der Waals surface area contributed by atoms with E-state index in [1.54, 1.807) is 21.3 Å². The summed E-state index contributed by atoms with van der Waals surface area (Å²) in [7, 11) is 1.83. The number of pyridine rings is 1. The van der Waals surface area contributed by atoms with Crippen molar-refractivity contribution in [1.29, 1.82) is 0 Å². The summed E-state index contributed by atoms with van der Waals surface area (Å²) < 4.78 is 3.29. The number of amides is 1. The SMILES string of the molecule is Cc1cccn2c(=O)cc(CN3CCc4c(c(C(N)=O)nn4C)C3)nc12. The molecule has 0 bridgehead atoms. The molecule has 0 atom stereocenters. The van der Waals surface area contributed by atoms with Crippen LogP contribution in [0.2, 0.25) is 0 Å². The standard InChI is InChI=1S/C18H20N6O2/c1-11-4-3-6-24-15(25)8-12(20-18(11)24)9-23-7-5-14-13(10-23)16(17(19)26)21-22(14)2/h3-4,6,8H,5,7,9-10H2,1-2H3,(H2,19,26). The maximum absolute atomic E-state index is 12.4. The lowest BCUT2D eigenvalue weighted by atomic mass is 10.0. The minimum atomic E-state index is -0.513. The minimum absolute atomic E-state index is 0.0920. The highest BCUT2D eigenvalue weighted by atomic mass is 16.1. The molecule has 0 aliphatic carbocycles. The number of hydrogen-bond donors (Lipinski definition) is 1. The van der Waals surface area contributed by atoms with Crippen LogP contribution in [0.15, 0.2) is 29.2 Å². The summed E-state index contributed by atoms with van der Waals surface area (Å²) in [6.07, 6.45) is 2.50. The number of carbonyl (C=O) groups is 1. The van der Waals surface area contributed by atoms with E-state index in [-0.39, 0.29) is 5.56 Å². The van der Waals surface area contributed by atoms with Crippen molar-refractivity contribution in [3.05, 3.63) is 63.0 Å². The largest absolute Gasteiger partial charge is 0.364 e. The fraction of sp³-hybridized carbons (Fsp3) is 0.333. The Labute approximate surface area is 149 Å². The molecule has 2 N–H and O–H groups in total. The molecule has 0 unspecified atom stereocenters. The molecule has 4 rings (SSSR count). The molecule has 8 nitrogen and oxygen atoms in total. The highest BCUT2D eigenvalue weighted by molar-refractivity contribution is 5.92. The molecule has 1 aliphatic heterocycles. The van der Waals surface area contributed by atoms with Crippen LogP contribution in [-0.4, -0.2) is 36.5 Å². The maximum Gasteiger partial charge on any atom is 0.269 e. The lowest BCUT2D eigenvalue weighted by Crippen LogP contribution is -2.32. The van der Waals surface area contributed by atoms with E-state index in [4.69, 9.17) is 5.73 Å². The molecule has 3 aromatic rings. The molecule has 134 valence electrons. The fourth-order valence-electron chi connectivity index (χ4n) is 3.60. The molecule has 1 aliphatic rings. The number of aromatic nitrogens is 4. The lowest BCUT2D eigenvalue weighted by Gasteiger charge is -2.27. The second-order valence-electron chi connectivity index (χ2n) is 6.69. The number of fused-ring (bicyclic) bond motifs is 2. The highest BCUT2D eigenvalue weighted by Crippen LogP contribution is 2.23. The molecule has 0 aromatic carbocycles. The number of primary amides is 1. The third kappa shape index (κ3) is 2.68. The zero-order chi connectivity index (χ0) is 18.4. The number of nitrogens with zero attached hydrogens (tertiary/aromatic N) is 5. The van der Waals surface area contributed by atoms with Crippen molar-refractivity contribution in [2.75, 3.05) is 6.54 Å². The molecule has 3 aromatic heterocycles. The Morgan fingerprint density at radius 2 is 2.19 bits per heavy atom. The first-order chi connectivity index (χ1) is 12.4. The van der Waals surface area contributed by atoms with Crippen LogP contribution >= 0.6 is 0 Å². The van der Waals surface area contributed by atoms with Gasteiger partial charge in [-0.3, -0.25) is 23.6 Å². The zero-order valence-electron chi connectivity index (χ0n) is 14.8. The molecule has 1 amide bonds. The smallest absolute Gasteiger partial charge is 0.269 e. The minimum Gasteiger partial charge on any atom is -0.364 e. The Morgan fingerprint density at radius 1 is 1.38 bits per heavy atom. The molecule has 26 heavy (non-hydrogen) atoms. The summed E-state index contributed by atoms with van der Waals surface area (Å²) in [5, 5.41) is 4.25. The van der Waals surface area contributed by atoms with Gasteiger partial charge in [-0.25, -0.2) is 4.98 Å². The quantitative estimate of drug-likeness (QED) is 0.735. The van der Waals surface area contributed by atoms with Crippen LogP contribution in [0.3, 0.4) is 0 Å². The van der Waals surface area contributed by atoms with E-state index in [0.717, 1.165) is 35.5 Å². The Bertz CT molecular complexity index is 1080. The van der Waals surface area contributed by atoms with Crippen LogP contribution in [-0.2, 0) is 26.6 Å². The van der Waals surface area contributed by atoms with E-state index in [1.165, 1.54) is 0 Å². The summed E-state index contributed by atoms with van der Waals surface area (Å²) in [6.45, 7) is 3.84. The monoisotopic (exact) mass is 352 g/mol. The van der Waals surface area contributed by atoms with Crippen molar-refractivity contribution in [1.82, 2.24) is 24.1 Å². The Kier molecular flexibility index (Phi) is 3.84. The van der Waals surface area contributed by atoms with Crippen LogP contribution in [0.4, 0.5) is 0 Å². The summed E-state index contributed by atoms with van der Waals surface area (Å²) in [5.41, 5.74) is 9.96. The van der Waals surface area contributed by atoms with Gasteiger partial charge in [0.05, 0.1) is 5.69 Å². The average molecular weight is 352 g/mol. The Balaban J connectivity index is 1.65. The Hall–Kier alpha value is -3.00. The summed E-state index contributed by atoms with van der Waals surface area (Å²) >= 11 is 0. The molecule has 0 radical (unpaired) electrons. The van der Waals surface area contributed by atoms with E-state index >= 15 is 0 Å². The molecule has 8 heteroatoms. The molecule has 0 saturated carbocycles. The van der Waals surface area contributed by atoms with Crippen LogP contribution < -0.4 is 11.3 Å². The van der Waals surface area contributed by atoms with Crippen LogP contribution in [0.5, 0.6) is 0 Å². The van der Waals surface area contributed by atoms with E-state index in [2.05, 4.69) is 15.0 Å². The van der Waals surface area contributed by atoms with Crippen molar-refractivity contribution in [3.63, 3.8) is 0 Å². The predicted octanol–water partition coefficient (Wildman–Crippen LogP) is 0.394. The number of nitrogens with two attached hydrogens (primary N) is 1. The second kappa shape index (κ2) is 6.06. The first-order valence-electron chi connectivity index (χ1n) is 8.49. The molecular formula is C18H20N6O2. The van der Waals surface area contributed by atoms with Crippen molar-refractivity contribution < 1.29 is 4.79 Å². The van der Waals surface area contributed by atoms with Gasteiger partial charge in [-0.05, 0) is 18.6 Å². The van der Waals surface area contributed by atoms with E-state index < -0.39 is 5.91 Å². The molecule has 0 spiro atoms. The molecule has 0 saturated heterocycles. The van der Waals surface area contributed by atoms with Gasteiger partial charge < -0.3 is 5.73 Å². The van der Waals surface area contributed by atoms with E-state index in [1.807, 2.05) is 26.1 Å². The molecule has 4 heterocycles. The topological polar surface area (TPSA) is 98.5 Å². The van der Waals surface area contributed by atoms with Crippen LogP contribution in [0, 0.1) is 6.92 Å². The number of carbonyl (C=O) groups excluding carboxylic acids is 1. The number of aryl methyl sites for hydroxylation is 2. The van der Waals surface area contributed by atoms with Gasteiger partial charge in [0, 0.05) is 56.6 Å². The van der Waals surface area contributed by atoms with Crippen molar-refractivity contribution in [3.8, 4) is 0 Å². The van der Waals surface area contributed by atoms with Crippen LogP contribution in [0.25, 0.3) is 5.65 Å². The Morgan fingerprint density at radius 3 is 2.96 bits per heavy atom. The maximum atomic E-state index is 12.4. The predicted molar refractivity (Wildman–Crippen MR) is 95.7 cm³/mol. The van der Waals surface area contributed by atoms with Gasteiger partial charge in [-0.15, -0.1) is 0 Å². The average Bonchev–Trinajstić information content (AvgIpc) is 2.93. The molecule has 0 fully saturated rings. The first kappa shape index (κ1) is 16.5. The first-order valence-corrected chi connectivity index (χ1v) is 8.49. The van der Waals surface area contributed by atoms with Crippen molar-refractivity contribution in [2.45, 2.75) is 26.4 Å². The van der Waals surface area contributed by atoms with Gasteiger partial charge in [0.15, 0.2) is 5.69 Å². The fourth-order valence-corrected chi connectivity index (χ4v) is 3.60. The second-order valence-corrected chi connectivity index (χ2v) is 6.69. The van der Waals surface area contributed by atoms with Crippen molar-refractivity contribution in [2.24, 2.45) is 12.8 Å². The van der Waals surface area contributed by atoms with Gasteiger partial charge in [0.1, 0.15) is 5.65 Å². The van der Waals surface area contributed by atoms with Gasteiger partial charge in [0.2, 0.25) is 0 Å². The van der Waals surface area contributed by atoms with Gasteiger partial charge >= 0.3 is 0 Å². The summed E-state index contributed by atoms with van der Waals surface area (Å²) in [4.78, 5) is 30.8. The van der Waals surface area contributed by atoms with Gasteiger partial charge in [0.25, 0.3) is 11.5 Å². The number of rotatable bonds is 3.